The fourth-order valence-electron chi connectivity index (χ4n) is 4.01. The maximum atomic E-state index is 14.3. The summed E-state index contributed by atoms with van der Waals surface area (Å²) in [7, 11) is 0. The quantitative estimate of drug-likeness (QED) is 0.587. The lowest BCUT2D eigenvalue weighted by Crippen LogP contribution is -2.55. The molecule has 2 aliphatic rings. The number of nitrogens with one attached hydrogen (secondary N) is 1. The van der Waals surface area contributed by atoms with Gasteiger partial charge in [0.1, 0.15) is 23.0 Å². The van der Waals surface area contributed by atoms with Gasteiger partial charge in [-0.25, -0.2) is 23.5 Å². The molecule has 31 heavy (non-hydrogen) atoms. The maximum absolute atomic E-state index is 14.3. The molecule has 1 N–H and O–H groups in total. The molecule has 3 amide bonds. The van der Waals surface area contributed by atoms with Crippen LogP contribution in [0.15, 0.2) is 36.5 Å². The molecule has 0 saturated carbocycles. The van der Waals surface area contributed by atoms with Crippen LogP contribution in [-0.4, -0.2) is 40.5 Å². The van der Waals surface area contributed by atoms with Crippen LogP contribution in [0.25, 0.3) is 0 Å². The smallest absolute Gasteiger partial charge is 0.317 e. The number of imide groups is 1. The van der Waals surface area contributed by atoms with E-state index >= 15 is 0 Å². The topological polar surface area (TPSA) is 65.5 Å². The van der Waals surface area contributed by atoms with Crippen molar-refractivity contribution >= 4 is 17.8 Å². The van der Waals surface area contributed by atoms with Crippen molar-refractivity contribution in [2.75, 3.05) is 18.0 Å². The van der Waals surface area contributed by atoms with Crippen molar-refractivity contribution in [1.82, 2.24) is 15.2 Å². The molecular weight excluding hydrogens is 423 g/mol. The van der Waals surface area contributed by atoms with Crippen molar-refractivity contribution in [3.8, 4) is 0 Å². The predicted octanol–water partition coefficient (Wildman–Crippen LogP) is 3.47. The first-order valence-electron chi connectivity index (χ1n) is 9.47. The molecule has 1 aromatic carbocycles. The lowest BCUT2D eigenvalue weighted by molar-refractivity contribution is -0.137. The van der Waals surface area contributed by atoms with Gasteiger partial charge in [0.2, 0.25) is 0 Å². The number of anilines is 1. The number of carbonyl (C=O) groups excluding carboxylic acids is 2. The number of hydrogen-bond acceptors (Lipinski definition) is 4. The predicted molar refractivity (Wildman–Crippen MR) is 98.9 cm³/mol. The van der Waals surface area contributed by atoms with E-state index in [9.17, 15) is 31.5 Å². The van der Waals surface area contributed by atoms with Gasteiger partial charge < -0.3 is 10.2 Å². The van der Waals surface area contributed by atoms with Crippen molar-refractivity contribution < 1.29 is 31.5 Å². The fourth-order valence-corrected chi connectivity index (χ4v) is 4.01. The van der Waals surface area contributed by atoms with Gasteiger partial charge in [-0.1, -0.05) is 0 Å². The van der Waals surface area contributed by atoms with Crippen LogP contribution in [0.4, 0.5) is 32.6 Å². The maximum Gasteiger partial charge on any atom is 0.416 e. The number of pyridine rings is 1. The second-order valence-corrected chi connectivity index (χ2v) is 7.43. The molecule has 2 aromatic rings. The molecule has 0 radical (unpaired) electrons. The van der Waals surface area contributed by atoms with Crippen molar-refractivity contribution in [3.05, 3.63) is 59.3 Å². The summed E-state index contributed by atoms with van der Waals surface area (Å²) in [6.07, 6.45) is -3.49. The third-order valence-electron chi connectivity index (χ3n) is 5.61. The molecule has 0 aliphatic carbocycles. The van der Waals surface area contributed by atoms with Gasteiger partial charge in [0.25, 0.3) is 5.91 Å². The van der Waals surface area contributed by atoms with Gasteiger partial charge in [-0.2, -0.15) is 13.2 Å². The van der Waals surface area contributed by atoms with Crippen LogP contribution in [0.1, 0.15) is 24.0 Å². The highest BCUT2D eigenvalue weighted by Crippen LogP contribution is 2.40. The van der Waals surface area contributed by atoms with Crippen LogP contribution >= 0.6 is 0 Å². The molecule has 0 bridgehead atoms. The second kappa shape index (κ2) is 7.56. The molecule has 1 aromatic heterocycles. The zero-order valence-corrected chi connectivity index (χ0v) is 16.0. The Balaban J connectivity index is 1.77. The summed E-state index contributed by atoms with van der Waals surface area (Å²) in [5.74, 6) is -2.68. The molecule has 6 nitrogen and oxygen atoms in total. The van der Waals surface area contributed by atoms with E-state index in [4.69, 9.17) is 0 Å². The summed E-state index contributed by atoms with van der Waals surface area (Å²) in [5.41, 5.74) is -2.60. The summed E-state index contributed by atoms with van der Waals surface area (Å²) in [4.78, 5) is 32.1. The highest BCUT2D eigenvalue weighted by Gasteiger charge is 2.58. The Labute approximate surface area is 173 Å². The van der Waals surface area contributed by atoms with E-state index in [1.54, 1.807) is 0 Å². The summed E-state index contributed by atoms with van der Waals surface area (Å²) in [6, 6.07) is 3.18. The standard InChI is InChI=1S/C20H17F5N4O2/c21-14-1-2-15(22)12(9-14)11-28-18(31)29(17(30)19(28)4-7-26-8-5-19)16-10-13(3-6-27-16)20(23,24)25/h1-3,6,9-10,26H,4-5,7-8,11H2. The minimum atomic E-state index is -4.69. The van der Waals surface area contributed by atoms with E-state index in [1.807, 2.05) is 0 Å². The Kier molecular flexibility index (Phi) is 5.16. The molecule has 0 unspecified atom stereocenters. The molecule has 0 atom stereocenters. The molecule has 164 valence electrons. The summed E-state index contributed by atoms with van der Waals surface area (Å²) in [5, 5.41) is 3.05. The number of halogens is 5. The van der Waals surface area contributed by atoms with Gasteiger partial charge in [0.05, 0.1) is 12.1 Å². The van der Waals surface area contributed by atoms with Crippen molar-refractivity contribution in [3.63, 3.8) is 0 Å². The van der Waals surface area contributed by atoms with Crippen LogP contribution in [0.3, 0.4) is 0 Å². The Morgan fingerprint density at radius 2 is 1.77 bits per heavy atom. The zero-order valence-electron chi connectivity index (χ0n) is 16.0. The highest BCUT2D eigenvalue weighted by molar-refractivity contribution is 6.22. The second-order valence-electron chi connectivity index (χ2n) is 7.43. The molecule has 4 rings (SSSR count). The number of rotatable bonds is 3. The highest BCUT2D eigenvalue weighted by atomic mass is 19.4. The lowest BCUT2D eigenvalue weighted by Gasteiger charge is -2.38. The van der Waals surface area contributed by atoms with Crippen LogP contribution in [0, 0.1) is 11.6 Å². The van der Waals surface area contributed by atoms with Gasteiger partial charge in [-0.05, 0) is 56.3 Å². The molecule has 2 aliphatic heterocycles. The van der Waals surface area contributed by atoms with E-state index in [2.05, 4.69) is 10.3 Å². The SMILES string of the molecule is O=C1N(c2cc(C(F)(F)F)ccn2)C(=O)C2(CCNCC2)N1Cc1cc(F)ccc1F. The summed E-state index contributed by atoms with van der Waals surface area (Å²) >= 11 is 0. The average molecular weight is 440 g/mol. The van der Waals surface area contributed by atoms with Crippen molar-refractivity contribution in [2.24, 2.45) is 0 Å². The third-order valence-corrected chi connectivity index (χ3v) is 5.61. The molecule has 11 heteroatoms. The number of amides is 3. The largest absolute Gasteiger partial charge is 0.416 e. The van der Waals surface area contributed by atoms with Crippen LogP contribution in [0.2, 0.25) is 0 Å². The Morgan fingerprint density at radius 3 is 2.45 bits per heavy atom. The number of carbonyl (C=O) groups is 2. The third kappa shape index (κ3) is 3.62. The van der Waals surface area contributed by atoms with Crippen molar-refractivity contribution in [1.29, 1.82) is 0 Å². The first-order valence-corrected chi connectivity index (χ1v) is 9.47. The minimum absolute atomic E-state index is 0.141. The van der Waals surface area contributed by atoms with Crippen LogP contribution in [0.5, 0.6) is 0 Å². The van der Waals surface area contributed by atoms with E-state index in [0.717, 1.165) is 35.4 Å². The molecule has 2 saturated heterocycles. The van der Waals surface area contributed by atoms with Crippen LogP contribution in [-0.2, 0) is 17.5 Å². The lowest BCUT2D eigenvalue weighted by atomic mass is 9.86. The van der Waals surface area contributed by atoms with Gasteiger partial charge in [-0.3, -0.25) is 4.79 Å². The van der Waals surface area contributed by atoms with Gasteiger partial charge in [0, 0.05) is 11.8 Å². The summed E-state index contributed by atoms with van der Waals surface area (Å²) in [6.45, 7) is 0.319. The van der Waals surface area contributed by atoms with Gasteiger partial charge >= 0.3 is 12.2 Å². The van der Waals surface area contributed by atoms with Gasteiger partial charge in [-0.15, -0.1) is 0 Å². The Morgan fingerprint density at radius 1 is 1.06 bits per heavy atom. The molecule has 2 fully saturated rings. The fraction of sp³-hybridized carbons (Fsp3) is 0.350. The van der Waals surface area contributed by atoms with E-state index in [-0.39, 0.29) is 18.4 Å². The van der Waals surface area contributed by atoms with E-state index in [1.165, 1.54) is 0 Å². The monoisotopic (exact) mass is 440 g/mol. The number of piperidine rings is 1. The number of benzene rings is 1. The Hall–Kier alpha value is -3.08. The average Bonchev–Trinajstić information content (AvgIpc) is 2.92. The Bertz CT molecular complexity index is 1040. The van der Waals surface area contributed by atoms with E-state index in [0.29, 0.717) is 24.1 Å². The van der Waals surface area contributed by atoms with E-state index < -0.39 is 53.2 Å². The van der Waals surface area contributed by atoms with Crippen LogP contribution < -0.4 is 10.2 Å². The number of aromatic nitrogens is 1. The number of alkyl halides is 3. The first-order chi connectivity index (χ1) is 14.6. The normalized spacial score (nSPS) is 18.9. The summed E-state index contributed by atoms with van der Waals surface area (Å²) < 4.78 is 67.3. The minimum Gasteiger partial charge on any atom is -0.317 e. The molecular formula is C20H17F5N4O2. The van der Waals surface area contributed by atoms with Crippen molar-refractivity contribution in [2.45, 2.75) is 31.1 Å². The van der Waals surface area contributed by atoms with Gasteiger partial charge in [0.15, 0.2) is 0 Å². The molecule has 1 spiro atoms. The molecule has 3 heterocycles. The number of nitrogens with zero attached hydrogens (tertiary/aromatic N) is 3. The first kappa shape index (κ1) is 21.2. The zero-order chi connectivity index (χ0) is 22.4. The number of urea groups is 1. The number of hydrogen-bond donors (Lipinski definition) is 1.